The average molecular weight is 276 g/mol. The number of nitrogen functional groups attached to an aromatic ring is 1. The van der Waals surface area contributed by atoms with Gasteiger partial charge in [0.25, 0.3) is 0 Å². The van der Waals surface area contributed by atoms with Gasteiger partial charge in [0.05, 0.1) is 0 Å². The van der Waals surface area contributed by atoms with E-state index < -0.39 is 0 Å². The Balaban J connectivity index is 2.90. The quantitative estimate of drug-likeness (QED) is 0.639. The highest BCUT2D eigenvalue weighted by molar-refractivity contribution is 14.1. The van der Waals surface area contributed by atoms with Crippen molar-refractivity contribution in [2.45, 2.75) is 19.4 Å². The van der Waals surface area contributed by atoms with Gasteiger partial charge < -0.3 is 11.5 Å². The van der Waals surface area contributed by atoms with Crippen LogP contribution in [0.5, 0.6) is 0 Å². The molecule has 0 aromatic heterocycles. The van der Waals surface area contributed by atoms with Gasteiger partial charge in [-0.2, -0.15) is 0 Å². The van der Waals surface area contributed by atoms with Crippen molar-refractivity contribution in [1.29, 1.82) is 0 Å². The molecule has 1 aromatic rings. The number of hydrogen-bond donors (Lipinski definition) is 2. The minimum absolute atomic E-state index is 0.172. The first-order chi connectivity index (χ1) is 5.59. The number of halogens is 1. The maximum Gasteiger partial charge on any atom is 0.0347 e. The number of benzene rings is 1. The van der Waals surface area contributed by atoms with E-state index in [2.05, 4.69) is 28.7 Å². The number of rotatable bonds is 2. The third-order valence-corrected chi connectivity index (χ3v) is 2.32. The van der Waals surface area contributed by atoms with Gasteiger partial charge in [-0.25, -0.2) is 0 Å². The molecular formula is C9H13IN2. The minimum Gasteiger partial charge on any atom is -0.399 e. The third kappa shape index (κ3) is 2.64. The Morgan fingerprint density at radius 2 is 2.17 bits per heavy atom. The van der Waals surface area contributed by atoms with Crippen molar-refractivity contribution in [3.05, 3.63) is 27.3 Å². The second-order valence-electron chi connectivity index (χ2n) is 3.02. The second-order valence-corrected chi connectivity index (χ2v) is 4.27. The van der Waals surface area contributed by atoms with Crippen molar-refractivity contribution in [2.75, 3.05) is 5.73 Å². The summed E-state index contributed by atoms with van der Waals surface area (Å²) < 4.78 is 1.21. The average Bonchev–Trinajstić information content (AvgIpc) is 1.96. The summed E-state index contributed by atoms with van der Waals surface area (Å²) in [7, 11) is 0. The fourth-order valence-corrected chi connectivity index (χ4v) is 1.65. The molecule has 0 unspecified atom stereocenters. The molecule has 0 aliphatic rings. The maximum absolute atomic E-state index is 5.78. The van der Waals surface area contributed by atoms with E-state index in [-0.39, 0.29) is 6.04 Å². The first-order valence-electron chi connectivity index (χ1n) is 3.89. The lowest BCUT2D eigenvalue weighted by Gasteiger charge is -2.08. The van der Waals surface area contributed by atoms with E-state index in [0.717, 1.165) is 17.7 Å². The molecule has 0 radical (unpaired) electrons. The topological polar surface area (TPSA) is 52.0 Å². The summed E-state index contributed by atoms with van der Waals surface area (Å²) in [6.07, 6.45) is 0.850. The molecule has 0 bridgehead atoms. The molecular weight excluding hydrogens is 263 g/mol. The highest BCUT2D eigenvalue weighted by atomic mass is 127. The zero-order chi connectivity index (χ0) is 9.14. The van der Waals surface area contributed by atoms with Gasteiger partial charge >= 0.3 is 0 Å². The zero-order valence-electron chi connectivity index (χ0n) is 7.05. The molecule has 0 heterocycles. The largest absolute Gasteiger partial charge is 0.399 e. The number of anilines is 1. The fourth-order valence-electron chi connectivity index (χ4n) is 1.10. The molecule has 1 rings (SSSR count). The van der Waals surface area contributed by atoms with E-state index in [1.807, 2.05) is 19.1 Å². The van der Waals surface area contributed by atoms with Crippen molar-refractivity contribution in [2.24, 2.45) is 5.73 Å². The van der Waals surface area contributed by atoms with Crippen molar-refractivity contribution in [3.63, 3.8) is 0 Å². The summed E-state index contributed by atoms with van der Waals surface area (Å²) >= 11 is 2.27. The lowest BCUT2D eigenvalue weighted by atomic mass is 10.1. The summed E-state index contributed by atoms with van der Waals surface area (Å²) in [5.41, 5.74) is 13.5. The van der Waals surface area contributed by atoms with Crippen LogP contribution in [0.2, 0.25) is 0 Å². The van der Waals surface area contributed by atoms with Gasteiger partial charge in [0, 0.05) is 15.3 Å². The van der Waals surface area contributed by atoms with Gasteiger partial charge in [-0.05, 0) is 59.7 Å². The Bertz CT molecular complexity index is 271. The molecule has 12 heavy (non-hydrogen) atoms. The molecule has 0 saturated heterocycles. The molecule has 1 aromatic carbocycles. The van der Waals surface area contributed by atoms with E-state index in [9.17, 15) is 0 Å². The van der Waals surface area contributed by atoms with Gasteiger partial charge in [0.2, 0.25) is 0 Å². The molecule has 0 aliphatic carbocycles. The normalized spacial score (nSPS) is 12.9. The van der Waals surface area contributed by atoms with Crippen LogP contribution < -0.4 is 11.5 Å². The predicted molar refractivity (Wildman–Crippen MR) is 60.9 cm³/mol. The smallest absolute Gasteiger partial charge is 0.0347 e. The Labute approximate surface area is 86.5 Å². The van der Waals surface area contributed by atoms with Gasteiger partial charge in [-0.1, -0.05) is 0 Å². The molecule has 0 amide bonds. The molecule has 0 aliphatic heterocycles. The highest BCUT2D eigenvalue weighted by Crippen LogP contribution is 2.16. The Kier molecular flexibility index (Phi) is 3.34. The summed E-state index contributed by atoms with van der Waals surface area (Å²) in [6, 6.07) is 6.18. The minimum atomic E-state index is 0.172. The van der Waals surface area contributed by atoms with Crippen LogP contribution in [-0.4, -0.2) is 6.04 Å². The van der Waals surface area contributed by atoms with Crippen LogP contribution in [0.3, 0.4) is 0 Å². The summed E-state index contributed by atoms with van der Waals surface area (Å²) in [6.45, 7) is 1.99. The summed E-state index contributed by atoms with van der Waals surface area (Å²) in [4.78, 5) is 0. The monoisotopic (exact) mass is 276 g/mol. The van der Waals surface area contributed by atoms with Crippen LogP contribution >= 0.6 is 22.6 Å². The molecule has 1 atom stereocenters. The fraction of sp³-hybridized carbons (Fsp3) is 0.333. The van der Waals surface area contributed by atoms with Crippen LogP contribution in [0.4, 0.5) is 5.69 Å². The van der Waals surface area contributed by atoms with E-state index in [0.29, 0.717) is 0 Å². The molecule has 66 valence electrons. The second kappa shape index (κ2) is 4.09. The van der Waals surface area contributed by atoms with E-state index in [4.69, 9.17) is 11.5 Å². The van der Waals surface area contributed by atoms with Crippen LogP contribution in [-0.2, 0) is 6.42 Å². The molecule has 0 spiro atoms. The van der Waals surface area contributed by atoms with E-state index >= 15 is 0 Å². The van der Waals surface area contributed by atoms with Gasteiger partial charge in [0.1, 0.15) is 0 Å². The summed E-state index contributed by atoms with van der Waals surface area (Å²) in [5, 5.41) is 0. The Morgan fingerprint density at radius 3 is 2.75 bits per heavy atom. The number of nitrogens with two attached hydrogens (primary N) is 2. The van der Waals surface area contributed by atoms with Crippen molar-refractivity contribution < 1.29 is 0 Å². The van der Waals surface area contributed by atoms with E-state index in [1.165, 1.54) is 3.57 Å². The lowest BCUT2D eigenvalue weighted by molar-refractivity contribution is 0.739. The first kappa shape index (κ1) is 9.80. The van der Waals surface area contributed by atoms with Crippen molar-refractivity contribution in [1.82, 2.24) is 0 Å². The molecule has 0 fully saturated rings. The molecule has 2 nitrogen and oxygen atoms in total. The standard InChI is InChI=1S/C9H13IN2/c1-6(11)4-7-5-8(10)2-3-9(7)12/h2-3,5-6H,4,11-12H2,1H3/t6-/m1/s1. The van der Waals surface area contributed by atoms with Crippen molar-refractivity contribution >= 4 is 28.3 Å². The Hall–Kier alpha value is -0.290. The van der Waals surface area contributed by atoms with Gasteiger partial charge in [-0.3, -0.25) is 0 Å². The van der Waals surface area contributed by atoms with Gasteiger partial charge in [-0.15, -0.1) is 0 Å². The predicted octanol–water partition coefficient (Wildman–Crippen LogP) is 1.76. The van der Waals surface area contributed by atoms with Crippen LogP contribution in [0.1, 0.15) is 12.5 Å². The molecule has 3 heteroatoms. The SMILES string of the molecule is C[C@@H](N)Cc1cc(I)ccc1N. The van der Waals surface area contributed by atoms with E-state index in [1.54, 1.807) is 0 Å². The van der Waals surface area contributed by atoms with Crippen LogP contribution in [0, 0.1) is 3.57 Å². The third-order valence-electron chi connectivity index (χ3n) is 1.65. The molecule has 4 N–H and O–H groups in total. The van der Waals surface area contributed by atoms with Crippen LogP contribution in [0.25, 0.3) is 0 Å². The zero-order valence-corrected chi connectivity index (χ0v) is 9.21. The molecule has 0 saturated carbocycles. The number of hydrogen-bond acceptors (Lipinski definition) is 2. The highest BCUT2D eigenvalue weighted by Gasteiger charge is 2.02. The van der Waals surface area contributed by atoms with Gasteiger partial charge in [0.15, 0.2) is 0 Å². The summed E-state index contributed by atoms with van der Waals surface area (Å²) in [5.74, 6) is 0. The maximum atomic E-state index is 5.78. The first-order valence-corrected chi connectivity index (χ1v) is 4.97. The van der Waals surface area contributed by atoms with Crippen molar-refractivity contribution in [3.8, 4) is 0 Å². The Morgan fingerprint density at radius 1 is 1.50 bits per heavy atom. The lowest BCUT2D eigenvalue weighted by Crippen LogP contribution is -2.18. The van der Waals surface area contributed by atoms with Crippen LogP contribution in [0.15, 0.2) is 18.2 Å².